The van der Waals surface area contributed by atoms with Crippen LogP contribution in [0.1, 0.15) is 44.1 Å². The van der Waals surface area contributed by atoms with Gasteiger partial charge in [-0.2, -0.15) is 0 Å². The van der Waals surface area contributed by atoms with E-state index in [2.05, 4.69) is 18.7 Å². The van der Waals surface area contributed by atoms with Gasteiger partial charge in [-0.25, -0.2) is 0 Å². The quantitative estimate of drug-likeness (QED) is 0.759. The van der Waals surface area contributed by atoms with Crippen LogP contribution in [0.15, 0.2) is 43.0 Å². The van der Waals surface area contributed by atoms with Gasteiger partial charge in [0.2, 0.25) is 0 Å². The fourth-order valence-electron chi connectivity index (χ4n) is 3.10. The third kappa shape index (κ3) is 4.46. The van der Waals surface area contributed by atoms with Crippen molar-refractivity contribution >= 4 is 0 Å². The molecule has 1 N–H and O–H groups in total. The average molecular weight is 274 g/mol. The number of benzene rings is 1. The minimum atomic E-state index is -0.431. The molecule has 0 radical (unpaired) electrons. The van der Waals surface area contributed by atoms with Crippen molar-refractivity contribution in [2.75, 3.05) is 0 Å². The predicted molar refractivity (Wildman–Crippen MR) is 82.4 cm³/mol. The lowest BCUT2D eigenvalue weighted by atomic mass is 9.82. The van der Waals surface area contributed by atoms with E-state index in [-0.39, 0.29) is 6.10 Å². The van der Waals surface area contributed by atoms with Crippen LogP contribution >= 0.6 is 0 Å². The molecule has 2 unspecified atom stereocenters. The second-order valence-corrected chi connectivity index (χ2v) is 5.75. The number of aliphatic hydroxyl groups is 1. The molecule has 0 spiro atoms. The highest BCUT2D eigenvalue weighted by Crippen LogP contribution is 2.30. The lowest BCUT2D eigenvalue weighted by Crippen LogP contribution is -2.37. The maximum absolute atomic E-state index is 10.3. The Morgan fingerprint density at radius 1 is 1.20 bits per heavy atom. The Bertz CT molecular complexity index is 382. The first-order valence-electron chi connectivity index (χ1n) is 7.75. The fraction of sp³-hybridized carbons (Fsp3) is 0.556. The molecule has 1 aliphatic carbocycles. The van der Waals surface area contributed by atoms with Crippen molar-refractivity contribution in [3.63, 3.8) is 0 Å². The summed E-state index contributed by atoms with van der Waals surface area (Å²) in [5.74, 6) is 0.488. The van der Waals surface area contributed by atoms with Crippen molar-refractivity contribution < 1.29 is 9.84 Å². The molecule has 1 aliphatic rings. The smallest absolute Gasteiger partial charge is 0.0869 e. The summed E-state index contributed by atoms with van der Waals surface area (Å²) in [6, 6.07) is 10.2. The molecule has 2 heteroatoms. The molecule has 0 heterocycles. The highest BCUT2D eigenvalue weighted by atomic mass is 16.5. The summed E-state index contributed by atoms with van der Waals surface area (Å²) < 4.78 is 6.08. The molecule has 0 amide bonds. The van der Waals surface area contributed by atoms with Crippen molar-refractivity contribution in [2.24, 2.45) is 5.92 Å². The lowest BCUT2D eigenvalue weighted by molar-refractivity contribution is -0.0824. The van der Waals surface area contributed by atoms with Gasteiger partial charge in [-0.3, -0.25) is 0 Å². The van der Waals surface area contributed by atoms with E-state index in [9.17, 15) is 5.11 Å². The number of hydrogen-bond donors (Lipinski definition) is 1. The third-order valence-electron chi connectivity index (χ3n) is 4.19. The lowest BCUT2D eigenvalue weighted by Gasteiger charge is -2.33. The molecule has 2 rings (SSSR count). The maximum Gasteiger partial charge on any atom is 0.0869 e. The summed E-state index contributed by atoms with van der Waals surface area (Å²) in [5, 5.41) is 10.3. The van der Waals surface area contributed by atoms with E-state index in [1.807, 2.05) is 18.2 Å². The summed E-state index contributed by atoms with van der Waals surface area (Å²) in [4.78, 5) is 0. The Morgan fingerprint density at radius 3 is 2.55 bits per heavy atom. The monoisotopic (exact) mass is 274 g/mol. The summed E-state index contributed by atoms with van der Waals surface area (Å²) in [5.41, 5.74) is 1.17. The highest BCUT2D eigenvalue weighted by Gasteiger charge is 2.29. The fourth-order valence-corrected chi connectivity index (χ4v) is 3.10. The predicted octanol–water partition coefficient (Wildman–Crippen LogP) is 4.09. The van der Waals surface area contributed by atoms with Gasteiger partial charge >= 0.3 is 0 Å². The van der Waals surface area contributed by atoms with E-state index < -0.39 is 6.10 Å². The molecule has 1 aromatic carbocycles. The van der Waals surface area contributed by atoms with Crippen LogP contribution in [0.5, 0.6) is 0 Å². The highest BCUT2D eigenvalue weighted by molar-refractivity contribution is 5.13. The first-order chi connectivity index (χ1) is 9.81. The second-order valence-electron chi connectivity index (χ2n) is 5.75. The average Bonchev–Trinajstić information content (AvgIpc) is 2.50. The van der Waals surface area contributed by atoms with E-state index in [1.165, 1.54) is 37.7 Å². The Morgan fingerprint density at radius 2 is 1.90 bits per heavy atom. The second kappa shape index (κ2) is 8.23. The molecule has 1 fully saturated rings. The summed E-state index contributed by atoms with van der Waals surface area (Å²) >= 11 is 0. The molecule has 2 atom stereocenters. The molecular formula is C18H26O2. The van der Waals surface area contributed by atoms with Gasteiger partial charge in [0.1, 0.15) is 0 Å². The van der Waals surface area contributed by atoms with Crippen LogP contribution in [0.2, 0.25) is 0 Å². The van der Waals surface area contributed by atoms with Crippen molar-refractivity contribution in [3.8, 4) is 0 Å². The summed E-state index contributed by atoms with van der Waals surface area (Å²) in [6.45, 7) is 4.31. The van der Waals surface area contributed by atoms with Gasteiger partial charge in [-0.15, -0.1) is 6.58 Å². The van der Waals surface area contributed by atoms with Gasteiger partial charge in [-0.05, 0) is 30.7 Å². The molecule has 0 bridgehead atoms. The number of hydrogen-bond acceptors (Lipinski definition) is 2. The normalized spacial score (nSPS) is 19.4. The minimum Gasteiger partial charge on any atom is -0.390 e. The van der Waals surface area contributed by atoms with Crippen molar-refractivity contribution in [2.45, 2.75) is 57.3 Å². The van der Waals surface area contributed by atoms with E-state index in [4.69, 9.17) is 4.74 Å². The molecule has 1 aromatic rings. The van der Waals surface area contributed by atoms with E-state index in [0.717, 1.165) is 0 Å². The van der Waals surface area contributed by atoms with Crippen molar-refractivity contribution in [1.29, 1.82) is 0 Å². The molecule has 110 valence electrons. The topological polar surface area (TPSA) is 29.5 Å². The zero-order valence-corrected chi connectivity index (χ0v) is 12.2. The number of aliphatic hydroxyl groups excluding tert-OH is 1. The molecule has 0 aromatic heterocycles. The van der Waals surface area contributed by atoms with E-state index in [1.54, 1.807) is 6.08 Å². The molecule has 0 saturated heterocycles. The van der Waals surface area contributed by atoms with E-state index >= 15 is 0 Å². The minimum absolute atomic E-state index is 0.0616. The Labute approximate surface area is 122 Å². The molecule has 0 aliphatic heterocycles. The first-order valence-corrected chi connectivity index (χ1v) is 7.75. The Kier molecular flexibility index (Phi) is 6.28. The SMILES string of the molecule is C=CCC(O)C(OCc1ccccc1)C1CCCCC1. The molecule has 1 saturated carbocycles. The van der Waals surface area contributed by atoms with Gasteiger partial charge in [0, 0.05) is 0 Å². The van der Waals surface area contributed by atoms with Crippen LogP contribution < -0.4 is 0 Å². The van der Waals surface area contributed by atoms with Gasteiger partial charge in [0.25, 0.3) is 0 Å². The van der Waals surface area contributed by atoms with E-state index in [0.29, 0.717) is 18.9 Å². The van der Waals surface area contributed by atoms with Crippen molar-refractivity contribution in [1.82, 2.24) is 0 Å². The standard InChI is InChI=1S/C18H26O2/c1-2-9-17(19)18(16-12-7-4-8-13-16)20-14-15-10-5-3-6-11-15/h2-3,5-6,10-11,16-19H,1,4,7-9,12-14H2. The summed E-state index contributed by atoms with van der Waals surface area (Å²) in [7, 11) is 0. The Hall–Kier alpha value is -1.12. The van der Waals surface area contributed by atoms with Crippen LogP contribution in [0.3, 0.4) is 0 Å². The number of rotatable bonds is 7. The molecule has 2 nitrogen and oxygen atoms in total. The summed E-state index contributed by atoms with van der Waals surface area (Å²) in [6.07, 6.45) is 8.09. The molecule has 20 heavy (non-hydrogen) atoms. The van der Waals surface area contributed by atoms with Gasteiger partial charge in [0.05, 0.1) is 18.8 Å². The van der Waals surface area contributed by atoms with Crippen LogP contribution in [0.4, 0.5) is 0 Å². The van der Waals surface area contributed by atoms with Crippen LogP contribution in [-0.2, 0) is 11.3 Å². The van der Waals surface area contributed by atoms with Crippen molar-refractivity contribution in [3.05, 3.63) is 48.6 Å². The maximum atomic E-state index is 10.3. The number of ether oxygens (including phenoxy) is 1. The zero-order chi connectivity index (χ0) is 14.2. The molecular weight excluding hydrogens is 248 g/mol. The van der Waals surface area contributed by atoms with Gasteiger partial charge in [-0.1, -0.05) is 55.7 Å². The third-order valence-corrected chi connectivity index (χ3v) is 4.19. The van der Waals surface area contributed by atoms with Gasteiger partial charge < -0.3 is 9.84 Å². The zero-order valence-electron chi connectivity index (χ0n) is 12.2. The van der Waals surface area contributed by atoms with Gasteiger partial charge in [0.15, 0.2) is 0 Å². The Balaban J connectivity index is 1.96. The largest absolute Gasteiger partial charge is 0.390 e. The van der Waals surface area contributed by atoms with Crippen LogP contribution in [0, 0.1) is 5.92 Å². The first kappa shape index (κ1) is 15.3. The van der Waals surface area contributed by atoms with Crippen LogP contribution in [-0.4, -0.2) is 17.3 Å². The van der Waals surface area contributed by atoms with Crippen LogP contribution in [0.25, 0.3) is 0 Å².